The molecule has 1 N–H and O–H groups in total. The Hall–Kier alpha value is -4.75. The van der Waals surface area contributed by atoms with Crippen molar-refractivity contribution in [3.63, 3.8) is 0 Å². The molecule has 1 saturated heterocycles. The second-order valence-corrected chi connectivity index (χ2v) is 9.20. The number of benzene rings is 1. The van der Waals surface area contributed by atoms with Crippen LogP contribution in [0.5, 0.6) is 11.8 Å². The third-order valence-corrected chi connectivity index (χ3v) is 6.03. The first-order valence-electron chi connectivity index (χ1n) is 11.6. The van der Waals surface area contributed by atoms with E-state index in [2.05, 4.69) is 15.3 Å². The van der Waals surface area contributed by atoms with E-state index in [1.807, 2.05) is 0 Å². The molecule has 38 heavy (non-hydrogen) atoms. The molecule has 2 atom stereocenters. The molecule has 2 aliphatic heterocycles. The first-order chi connectivity index (χ1) is 18.1. The molecule has 2 amide bonds. The monoisotopic (exact) mass is 526 g/mol. The fraction of sp³-hybridized carbons (Fsp3) is 0.333. The van der Waals surface area contributed by atoms with Gasteiger partial charge in [0.25, 0.3) is 0 Å². The number of halogens is 1. The number of cyclic esters (lactones) is 1. The molecule has 0 bridgehead atoms. The van der Waals surface area contributed by atoms with Gasteiger partial charge < -0.3 is 29.6 Å². The lowest BCUT2D eigenvalue weighted by Crippen LogP contribution is -2.38. The molecule has 5 rings (SSSR count). The summed E-state index contributed by atoms with van der Waals surface area (Å²) in [5.41, 5.74) is 0.151. The first kappa shape index (κ1) is 24.9. The minimum atomic E-state index is -0.782. The highest BCUT2D eigenvalue weighted by molar-refractivity contribution is 5.90. The number of amides is 2. The van der Waals surface area contributed by atoms with Gasteiger partial charge >= 0.3 is 17.9 Å². The van der Waals surface area contributed by atoms with E-state index in [-0.39, 0.29) is 43.0 Å². The number of hydrogen-bond donors (Lipinski definition) is 1. The summed E-state index contributed by atoms with van der Waals surface area (Å²) in [6, 6.07) is 7.75. The molecule has 0 aliphatic carbocycles. The fourth-order valence-electron chi connectivity index (χ4n) is 4.19. The number of pyridine rings is 1. The fourth-order valence-corrected chi connectivity index (χ4v) is 4.19. The summed E-state index contributed by atoms with van der Waals surface area (Å²) in [7, 11) is 0. The summed E-state index contributed by atoms with van der Waals surface area (Å²) in [6.45, 7) is 3.97. The van der Waals surface area contributed by atoms with Crippen LogP contribution in [0.25, 0.3) is 11.3 Å². The van der Waals surface area contributed by atoms with E-state index < -0.39 is 28.5 Å². The Morgan fingerprint density at radius 2 is 2.18 bits per heavy atom. The van der Waals surface area contributed by atoms with Gasteiger partial charge in [-0.1, -0.05) is 0 Å². The number of anilines is 1. The summed E-state index contributed by atoms with van der Waals surface area (Å²) < 4.78 is 33.3. The highest BCUT2D eigenvalue weighted by Crippen LogP contribution is 2.32. The van der Waals surface area contributed by atoms with Gasteiger partial charge in [-0.3, -0.25) is 19.2 Å². The first-order valence-corrected chi connectivity index (χ1v) is 11.6. The average molecular weight is 526 g/mol. The molecule has 198 valence electrons. The van der Waals surface area contributed by atoms with Crippen LogP contribution >= 0.6 is 0 Å². The van der Waals surface area contributed by atoms with Crippen LogP contribution in [-0.4, -0.2) is 62.9 Å². The van der Waals surface area contributed by atoms with Crippen LogP contribution in [0.15, 0.2) is 42.7 Å². The van der Waals surface area contributed by atoms with Crippen LogP contribution in [0.4, 0.5) is 20.7 Å². The normalized spacial score (nSPS) is 20.0. The molecule has 1 aromatic carbocycles. The SMILES string of the molecule is CC(=O)NCC1CN(c2ccc(-c3ccc(OCC4(C)Cn5cc([N+](=O)[O-])nc5O4)cn3)c(F)c2)C(=O)O1. The van der Waals surface area contributed by atoms with Crippen molar-refractivity contribution < 1.29 is 33.1 Å². The summed E-state index contributed by atoms with van der Waals surface area (Å²) in [4.78, 5) is 43.0. The quantitative estimate of drug-likeness (QED) is 0.345. The molecular formula is C24H23FN6O7. The smallest absolute Gasteiger partial charge is 0.415 e. The van der Waals surface area contributed by atoms with Crippen LogP contribution in [0, 0.1) is 15.9 Å². The maximum Gasteiger partial charge on any atom is 0.415 e. The maximum absolute atomic E-state index is 15.0. The number of carbonyl (C=O) groups is 2. The maximum atomic E-state index is 15.0. The Bertz CT molecular complexity index is 1390. The molecule has 2 aliphatic rings. The average Bonchev–Trinajstić information content (AvgIpc) is 3.53. The molecule has 1 fully saturated rings. The number of nitrogens with one attached hydrogen (secondary N) is 1. The van der Waals surface area contributed by atoms with Gasteiger partial charge in [0, 0.05) is 17.5 Å². The lowest BCUT2D eigenvalue weighted by Gasteiger charge is -2.22. The second-order valence-electron chi connectivity index (χ2n) is 9.20. The molecule has 4 heterocycles. The Morgan fingerprint density at radius 3 is 2.84 bits per heavy atom. The summed E-state index contributed by atoms with van der Waals surface area (Å²) in [5, 5.41) is 13.5. The van der Waals surface area contributed by atoms with Gasteiger partial charge in [0.15, 0.2) is 5.60 Å². The number of imidazole rings is 1. The third-order valence-electron chi connectivity index (χ3n) is 6.03. The van der Waals surface area contributed by atoms with Gasteiger partial charge in [-0.15, -0.1) is 0 Å². The summed E-state index contributed by atoms with van der Waals surface area (Å²) in [6.07, 6.45) is 1.62. The number of ether oxygens (including phenoxy) is 3. The molecule has 2 aromatic heterocycles. The molecule has 0 saturated carbocycles. The van der Waals surface area contributed by atoms with E-state index in [4.69, 9.17) is 14.2 Å². The predicted octanol–water partition coefficient (Wildman–Crippen LogP) is 2.68. The number of fused-ring (bicyclic) bond motifs is 1. The van der Waals surface area contributed by atoms with Gasteiger partial charge in [-0.05, 0) is 42.2 Å². The van der Waals surface area contributed by atoms with Crippen molar-refractivity contribution in [1.29, 1.82) is 0 Å². The molecule has 14 heteroatoms. The molecule has 0 spiro atoms. The van der Waals surface area contributed by atoms with Crippen molar-refractivity contribution in [3.05, 3.63) is 58.7 Å². The van der Waals surface area contributed by atoms with E-state index in [1.54, 1.807) is 29.7 Å². The van der Waals surface area contributed by atoms with Crippen molar-refractivity contribution in [3.8, 4) is 23.0 Å². The zero-order valence-corrected chi connectivity index (χ0v) is 20.4. The van der Waals surface area contributed by atoms with E-state index >= 15 is 0 Å². The Balaban J connectivity index is 1.20. The van der Waals surface area contributed by atoms with Crippen molar-refractivity contribution >= 4 is 23.5 Å². The Morgan fingerprint density at radius 1 is 1.37 bits per heavy atom. The van der Waals surface area contributed by atoms with Gasteiger partial charge in [0.1, 0.15) is 30.5 Å². The minimum absolute atomic E-state index is 0.128. The van der Waals surface area contributed by atoms with Crippen LogP contribution < -0.4 is 19.7 Å². The largest absolute Gasteiger partial charge is 0.488 e. The minimum Gasteiger partial charge on any atom is -0.488 e. The van der Waals surface area contributed by atoms with E-state index in [9.17, 15) is 24.1 Å². The van der Waals surface area contributed by atoms with Crippen LogP contribution in [0.3, 0.4) is 0 Å². The second kappa shape index (κ2) is 9.61. The highest BCUT2D eigenvalue weighted by atomic mass is 19.1. The Labute approximate surface area is 215 Å². The zero-order chi connectivity index (χ0) is 27.0. The van der Waals surface area contributed by atoms with Crippen molar-refractivity contribution in [2.45, 2.75) is 32.1 Å². The van der Waals surface area contributed by atoms with Crippen molar-refractivity contribution in [2.24, 2.45) is 0 Å². The number of nitro groups is 1. The zero-order valence-electron chi connectivity index (χ0n) is 20.4. The molecule has 2 unspecified atom stereocenters. The van der Waals surface area contributed by atoms with Crippen LogP contribution in [0.1, 0.15) is 13.8 Å². The lowest BCUT2D eigenvalue weighted by atomic mass is 10.1. The number of nitrogens with zero attached hydrogens (tertiary/aromatic N) is 5. The molecule has 3 aromatic rings. The van der Waals surface area contributed by atoms with Gasteiger partial charge in [-0.2, -0.15) is 0 Å². The van der Waals surface area contributed by atoms with Crippen molar-refractivity contribution in [2.75, 3.05) is 24.6 Å². The summed E-state index contributed by atoms with van der Waals surface area (Å²) in [5.74, 6) is -0.663. The lowest BCUT2D eigenvalue weighted by molar-refractivity contribution is -0.389. The predicted molar refractivity (Wildman–Crippen MR) is 129 cm³/mol. The number of carbonyl (C=O) groups excluding carboxylic acids is 2. The Kier molecular flexibility index (Phi) is 6.30. The standard InChI is InChI=1S/C24H23FN6O7/c1-14(32)26-9-17-10-30(23(33)37-17)15-3-5-18(19(25)7-15)20-6-4-16(8-27-20)36-13-24(2)12-29-11-21(31(34)35)28-22(29)38-24/h3-8,11,17H,9-10,12-13H2,1-2H3,(H,26,32). The van der Waals surface area contributed by atoms with E-state index in [0.29, 0.717) is 23.7 Å². The van der Waals surface area contributed by atoms with Crippen LogP contribution in [0.2, 0.25) is 0 Å². The number of hydrogen-bond acceptors (Lipinski definition) is 9. The van der Waals surface area contributed by atoms with Gasteiger partial charge in [0.05, 0.1) is 37.2 Å². The molecule has 13 nitrogen and oxygen atoms in total. The van der Waals surface area contributed by atoms with Gasteiger partial charge in [0.2, 0.25) is 5.91 Å². The van der Waals surface area contributed by atoms with E-state index in [1.165, 1.54) is 36.4 Å². The van der Waals surface area contributed by atoms with Crippen LogP contribution in [-0.2, 0) is 16.1 Å². The highest BCUT2D eigenvalue weighted by Gasteiger charge is 2.41. The summed E-state index contributed by atoms with van der Waals surface area (Å²) >= 11 is 0. The van der Waals surface area contributed by atoms with Gasteiger partial charge in [-0.25, -0.2) is 9.18 Å². The molecule has 0 radical (unpaired) electrons. The topological polar surface area (TPSA) is 151 Å². The van der Waals surface area contributed by atoms with E-state index in [0.717, 1.165) is 0 Å². The van der Waals surface area contributed by atoms with Crippen molar-refractivity contribution in [1.82, 2.24) is 19.9 Å². The molecular weight excluding hydrogens is 503 g/mol. The third kappa shape index (κ3) is 5.05. The number of aromatic nitrogens is 3. The number of rotatable bonds is 8.